The van der Waals surface area contributed by atoms with E-state index in [1.807, 2.05) is 0 Å². The van der Waals surface area contributed by atoms with Crippen molar-refractivity contribution in [3.8, 4) is 0 Å². The van der Waals surface area contributed by atoms with Crippen molar-refractivity contribution in [3.05, 3.63) is 0 Å². The number of aliphatic hydroxyl groups is 1. The van der Waals surface area contributed by atoms with E-state index in [2.05, 4.69) is 4.74 Å². The first-order valence-electron chi connectivity index (χ1n) is 4.82. The molecule has 17 heavy (non-hydrogen) atoms. The number of halogens is 6. The van der Waals surface area contributed by atoms with E-state index in [0.29, 0.717) is 6.61 Å². The third-order valence-electron chi connectivity index (χ3n) is 2.12. The zero-order chi connectivity index (χ0) is 13.6. The number of hydrogen-bond acceptors (Lipinski definition) is 2. The molecule has 0 aromatic heterocycles. The molecule has 0 saturated heterocycles. The highest BCUT2D eigenvalue weighted by atomic mass is 35.5. The summed E-state index contributed by atoms with van der Waals surface area (Å²) in [6.45, 7) is 0.566. The van der Waals surface area contributed by atoms with Gasteiger partial charge in [0.05, 0.1) is 45.5 Å². The van der Waals surface area contributed by atoms with Crippen molar-refractivity contribution in [1.29, 1.82) is 0 Å². The van der Waals surface area contributed by atoms with Gasteiger partial charge >= 0.3 is 0 Å². The molecule has 1 aliphatic carbocycles. The van der Waals surface area contributed by atoms with Gasteiger partial charge in [-0.2, -0.15) is 0 Å². The minimum Gasteiger partial charge on any atom is -0.394 e. The smallest absolute Gasteiger partial charge is 0.0693 e. The topological polar surface area (TPSA) is 29.5 Å². The number of rotatable bonds is 2. The van der Waals surface area contributed by atoms with Gasteiger partial charge in [0.2, 0.25) is 0 Å². The minimum absolute atomic E-state index is 0.122. The molecule has 0 spiro atoms. The summed E-state index contributed by atoms with van der Waals surface area (Å²) in [4.78, 5) is 0. The third kappa shape index (κ3) is 5.66. The molecule has 104 valence electrons. The quantitative estimate of drug-likeness (QED) is 0.760. The fourth-order valence-electron chi connectivity index (χ4n) is 1.15. The van der Waals surface area contributed by atoms with E-state index < -0.39 is 32.3 Å². The molecule has 1 aliphatic rings. The fraction of sp³-hybridized carbons (Fsp3) is 1.00. The molecule has 0 aromatic rings. The number of methoxy groups -OCH3 is 1. The maximum Gasteiger partial charge on any atom is 0.0693 e. The first kappa shape index (κ1) is 18.7. The third-order valence-corrected chi connectivity index (χ3v) is 6.15. The molecule has 2 nitrogen and oxygen atoms in total. The van der Waals surface area contributed by atoms with Crippen LogP contribution in [0.2, 0.25) is 0 Å². The summed E-state index contributed by atoms with van der Waals surface area (Å²) in [6, 6.07) is 0. The Morgan fingerprint density at radius 3 is 1.06 bits per heavy atom. The standard InChI is InChI=1S/C6H6Cl6.C3H8O2/c7-1-2(8)4(10)6(12)5(11)3(1)9;1-5-3-2-4/h1-6H;4H,2-3H2,1H3/t1-,2-,3-,4+,5+,6+;. The molecule has 0 aliphatic heterocycles. The Bertz CT molecular complexity index is 147. The summed E-state index contributed by atoms with van der Waals surface area (Å²) in [5, 5.41) is 5.32. The van der Waals surface area contributed by atoms with Crippen molar-refractivity contribution < 1.29 is 9.84 Å². The van der Waals surface area contributed by atoms with Crippen molar-refractivity contribution in [1.82, 2.24) is 0 Å². The van der Waals surface area contributed by atoms with Crippen LogP contribution in [0.4, 0.5) is 0 Å². The Labute approximate surface area is 131 Å². The van der Waals surface area contributed by atoms with E-state index in [0.717, 1.165) is 0 Å². The van der Waals surface area contributed by atoms with Crippen molar-refractivity contribution in [2.75, 3.05) is 20.3 Å². The molecular weight excluding hydrogens is 353 g/mol. The Hall–Kier alpha value is 1.66. The lowest BCUT2D eigenvalue weighted by Crippen LogP contribution is -2.52. The zero-order valence-corrected chi connectivity index (χ0v) is 13.5. The summed E-state index contributed by atoms with van der Waals surface area (Å²) in [7, 11) is 1.55. The Morgan fingerprint density at radius 1 is 0.765 bits per heavy atom. The lowest BCUT2D eigenvalue weighted by molar-refractivity contribution is 0.135. The van der Waals surface area contributed by atoms with Gasteiger partial charge in [-0.1, -0.05) is 0 Å². The molecule has 0 amide bonds. The summed E-state index contributed by atoms with van der Waals surface area (Å²) < 4.78 is 4.44. The van der Waals surface area contributed by atoms with Gasteiger partial charge in [0.15, 0.2) is 0 Å². The molecule has 1 N–H and O–H groups in total. The molecule has 1 fully saturated rings. The van der Waals surface area contributed by atoms with Crippen LogP contribution in [-0.4, -0.2) is 57.7 Å². The first-order valence-corrected chi connectivity index (χ1v) is 7.44. The summed E-state index contributed by atoms with van der Waals surface area (Å²) in [6.07, 6.45) is 0. The predicted octanol–water partition coefficient (Wildman–Crippen LogP) is 3.27. The highest BCUT2D eigenvalue weighted by molar-refractivity contribution is 6.45. The molecule has 8 heteroatoms. The van der Waals surface area contributed by atoms with Gasteiger partial charge in [-0.05, 0) is 0 Å². The van der Waals surface area contributed by atoms with Gasteiger partial charge < -0.3 is 9.84 Å². The number of alkyl halides is 6. The average molecular weight is 367 g/mol. The fourth-order valence-corrected chi connectivity index (χ4v) is 3.47. The SMILES string of the molecule is COCCO.Cl[C@H]1[C@H](Cl)[C@@H](Cl)[C@@H](Cl)[C@H](Cl)[C@H]1Cl. The molecule has 0 aromatic carbocycles. The van der Waals surface area contributed by atoms with Gasteiger partial charge in [0, 0.05) is 7.11 Å². The van der Waals surface area contributed by atoms with Gasteiger partial charge in [0.25, 0.3) is 0 Å². The number of hydrogen-bond donors (Lipinski definition) is 1. The van der Waals surface area contributed by atoms with Crippen LogP contribution in [0.25, 0.3) is 0 Å². The van der Waals surface area contributed by atoms with Crippen molar-refractivity contribution in [3.63, 3.8) is 0 Å². The van der Waals surface area contributed by atoms with E-state index >= 15 is 0 Å². The van der Waals surface area contributed by atoms with Gasteiger partial charge in [-0.25, -0.2) is 0 Å². The maximum absolute atomic E-state index is 7.94. The number of ether oxygens (including phenoxy) is 1. The molecule has 1 saturated carbocycles. The molecular formula is C9H14Cl6O2. The maximum atomic E-state index is 7.94. The summed E-state index contributed by atoms with van der Waals surface area (Å²) in [5.74, 6) is 0. The molecule has 0 radical (unpaired) electrons. The summed E-state index contributed by atoms with van der Waals surface area (Å²) >= 11 is 35.3. The molecule has 0 bridgehead atoms. The Morgan fingerprint density at radius 2 is 1.00 bits per heavy atom. The van der Waals surface area contributed by atoms with Crippen LogP contribution in [0.15, 0.2) is 0 Å². The largest absolute Gasteiger partial charge is 0.394 e. The van der Waals surface area contributed by atoms with E-state index in [4.69, 9.17) is 74.7 Å². The first-order chi connectivity index (χ1) is 7.88. The van der Waals surface area contributed by atoms with Crippen LogP contribution in [0, 0.1) is 0 Å². The van der Waals surface area contributed by atoms with Crippen LogP contribution in [0.3, 0.4) is 0 Å². The molecule has 1 rings (SSSR count). The molecule has 0 unspecified atom stereocenters. The second kappa shape index (κ2) is 9.55. The van der Waals surface area contributed by atoms with Crippen molar-refractivity contribution >= 4 is 69.6 Å². The monoisotopic (exact) mass is 364 g/mol. The highest BCUT2D eigenvalue weighted by Crippen LogP contribution is 2.39. The van der Waals surface area contributed by atoms with E-state index in [9.17, 15) is 0 Å². The highest BCUT2D eigenvalue weighted by Gasteiger charge is 2.46. The van der Waals surface area contributed by atoms with Crippen LogP contribution < -0.4 is 0 Å². The van der Waals surface area contributed by atoms with E-state index in [1.54, 1.807) is 7.11 Å². The van der Waals surface area contributed by atoms with E-state index in [1.165, 1.54) is 0 Å². The average Bonchev–Trinajstić information content (AvgIpc) is 2.33. The Balaban J connectivity index is 0.000000437. The van der Waals surface area contributed by atoms with Crippen LogP contribution in [-0.2, 0) is 4.74 Å². The molecule has 0 heterocycles. The lowest BCUT2D eigenvalue weighted by Gasteiger charge is -2.37. The van der Waals surface area contributed by atoms with Gasteiger partial charge in [-0.15, -0.1) is 69.6 Å². The van der Waals surface area contributed by atoms with Gasteiger partial charge in [-0.3, -0.25) is 0 Å². The van der Waals surface area contributed by atoms with Crippen LogP contribution in [0.1, 0.15) is 0 Å². The van der Waals surface area contributed by atoms with Crippen LogP contribution in [0.5, 0.6) is 0 Å². The zero-order valence-electron chi connectivity index (χ0n) is 9.00. The predicted molar refractivity (Wildman–Crippen MR) is 76.8 cm³/mol. The normalized spacial score (nSPS) is 41.6. The van der Waals surface area contributed by atoms with E-state index in [-0.39, 0.29) is 6.61 Å². The van der Waals surface area contributed by atoms with Crippen LogP contribution >= 0.6 is 69.6 Å². The van der Waals surface area contributed by atoms with Gasteiger partial charge in [0.1, 0.15) is 0 Å². The minimum atomic E-state index is -0.437. The van der Waals surface area contributed by atoms with Crippen molar-refractivity contribution in [2.45, 2.75) is 32.3 Å². The second-order valence-electron chi connectivity index (χ2n) is 3.38. The van der Waals surface area contributed by atoms with Crippen molar-refractivity contribution in [2.24, 2.45) is 0 Å². The number of aliphatic hydroxyl groups excluding tert-OH is 1. The Kier molecular flexibility index (Phi) is 10.5. The lowest BCUT2D eigenvalue weighted by atomic mass is 9.97. The summed E-state index contributed by atoms with van der Waals surface area (Å²) in [5.41, 5.74) is 0. The molecule has 0 atom stereocenters. The second-order valence-corrected chi connectivity index (χ2v) is 6.41.